The quantitative estimate of drug-likeness (QED) is 0.803. The highest BCUT2D eigenvalue weighted by Crippen LogP contribution is 2.38. The second kappa shape index (κ2) is 4.15. The van der Waals surface area contributed by atoms with Crippen LogP contribution in [0.3, 0.4) is 0 Å². The average molecular weight is 240 g/mol. The fraction of sp³-hybridized carbons (Fsp3) is 0.500. The largest absolute Gasteiger partial charge is 0.454 e. The first-order valence-electron chi connectivity index (χ1n) is 5.60. The molecule has 3 rings (SSSR count). The van der Waals surface area contributed by atoms with Crippen molar-refractivity contribution in [2.45, 2.75) is 18.9 Å². The highest BCUT2D eigenvalue weighted by atomic mass is 35.5. The number of benzene rings is 1. The topological polar surface area (TPSA) is 30.5 Å². The van der Waals surface area contributed by atoms with Crippen LogP contribution in [0.1, 0.15) is 23.6 Å². The normalized spacial score (nSPS) is 21.9. The second-order valence-corrected chi connectivity index (χ2v) is 4.52. The van der Waals surface area contributed by atoms with Crippen LogP contribution in [-0.4, -0.2) is 19.2 Å². The number of halogens is 1. The second-order valence-electron chi connectivity index (χ2n) is 4.14. The molecule has 0 saturated carbocycles. The van der Waals surface area contributed by atoms with Gasteiger partial charge in [0.15, 0.2) is 11.5 Å². The number of rotatable bonds is 2. The predicted molar refractivity (Wildman–Crippen MR) is 62.3 cm³/mol. The Morgan fingerprint density at radius 1 is 1.31 bits per heavy atom. The lowest BCUT2D eigenvalue weighted by molar-refractivity contribution is 0.174. The van der Waals surface area contributed by atoms with Gasteiger partial charge < -0.3 is 14.8 Å². The van der Waals surface area contributed by atoms with Crippen molar-refractivity contribution in [1.82, 2.24) is 5.32 Å². The van der Waals surface area contributed by atoms with Gasteiger partial charge in [0, 0.05) is 11.9 Å². The minimum Gasteiger partial charge on any atom is -0.454 e. The monoisotopic (exact) mass is 239 g/mol. The van der Waals surface area contributed by atoms with Gasteiger partial charge in [-0.15, -0.1) is 11.6 Å². The molecule has 1 unspecified atom stereocenters. The van der Waals surface area contributed by atoms with E-state index in [1.54, 1.807) is 0 Å². The summed E-state index contributed by atoms with van der Waals surface area (Å²) in [4.78, 5) is 0. The summed E-state index contributed by atoms with van der Waals surface area (Å²) in [6.45, 7) is 1.35. The third-order valence-corrected chi connectivity index (χ3v) is 3.41. The third kappa shape index (κ3) is 1.64. The molecule has 0 aromatic heterocycles. The van der Waals surface area contributed by atoms with E-state index >= 15 is 0 Å². The number of hydrogen-bond acceptors (Lipinski definition) is 3. The van der Waals surface area contributed by atoms with Crippen LogP contribution >= 0.6 is 11.6 Å². The fourth-order valence-electron chi connectivity index (χ4n) is 2.40. The molecule has 0 bridgehead atoms. The van der Waals surface area contributed by atoms with Crippen LogP contribution in [0.25, 0.3) is 0 Å². The van der Waals surface area contributed by atoms with Crippen molar-refractivity contribution >= 4 is 11.6 Å². The summed E-state index contributed by atoms with van der Waals surface area (Å²) < 4.78 is 10.8. The Morgan fingerprint density at radius 3 is 2.94 bits per heavy atom. The van der Waals surface area contributed by atoms with E-state index in [2.05, 4.69) is 17.4 Å². The van der Waals surface area contributed by atoms with Gasteiger partial charge in [-0.1, -0.05) is 0 Å². The Bertz CT molecular complexity index is 408. The van der Waals surface area contributed by atoms with E-state index in [4.69, 9.17) is 21.1 Å². The average Bonchev–Trinajstić information content (AvgIpc) is 2.74. The number of nitrogens with one attached hydrogen (secondary N) is 1. The smallest absolute Gasteiger partial charge is 0.231 e. The Labute approximate surface area is 99.7 Å². The van der Waals surface area contributed by atoms with Gasteiger partial charge in [0.05, 0.1) is 0 Å². The van der Waals surface area contributed by atoms with Gasteiger partial charge in [-0.25, -0.2) is 0 Å². The Balaban J connectivity index is 2.00. The lowest BCUT2D eigenvalue weighted by atomic mass is 9.92. The van der Waals surface area contributed by atoms with E-state index in [9.17, 15) is 0 Å². The van der Waals surface area contributed by atoms with E-state index in [1.165, 1.54) is 11.1 Å². The third-order valence-electron chi connectivity index (χ3n) is 3.19. The predicted octanol–water partition coefficient (Wildman–Crippen LogP) is 2.23. The minimum atomic E-state index is 0.339. The van der Waals surface area contributed by atoms with Crippen LogP contribution in [0.15, 0.2) is 12.1 Å². The Morgan fingerprint density at radius 2 is 2.12 bits per heavy atom. The van der Waals surface area contributed by atoms with Gasteiger partial charge in [0.25, 0.3) is 0 Å². The summed E-state index contributed by atoms with van der Waals surface area (Å²) >= 11 is 5.82. The molecule has 1 aromatic carbocycles. The molecule has 0 amide bonds. The van der Waals surface area contributed by atoms with E-state index in [0.29, 0.717) is 18.7 Å². The lowest BCUT2D eigenvalue weighted by Gasteiger charge is -2.26. The van der Waals surface area contributed by atoms with Crippen LogP contribution in [0.2, 0.25) is 0 Å². The molecule has 0 fully saturated rings. The van der Waals surface area contributed by atoms with E-state index in [1.807, 2.05) is 0 Å². The van der Waals surface area contributed by atoms with Crippen molar-refractivity contribution in [3.63, 3.8) is 0 Å². The summed E-state index contributed by atoms with van der Waals surface area (Å²) in [5.41, 5.74) is 2.68. The van der Waals surface area contributed by atoms with Gasteiger partial charge in [-0.05, 0) is 42.6 Å². The van der Waals surface area contributed by atoms with Crippen molar-refractivity contribution < 1.29 is 9.47 Å². The summed E-state index contributed by atoms with van der Waals surface area (Å²) in [5.74, 6) is 2.42. The van der Waals surface area contributed by atoms with Gasteiger partial charge in [0.1, 0.15) is 0 Å². The first-order chi connectivity index (χ1) is 7.88. The summed E-state index contributed by atoms with van der Waals surface area (Å²) in [6, 6.07) is 4.57. The molecule has 3 nitrogen and oxygen atoms in total. The molecule has 0 spiro atoms. The number of alkyl halides is 1. The molecule has 2 aliphatic heterocycles. The zero-order valence-corrected chi connectivity index (χ0v) is 9.72. The Hall–Kier alpha value is -0.930. The first kappa shape index (κ1) is 10.2. The van der Waals surface area contributed by atoms with Gasteiger partial charge in [0.2, 0.25) is 6.79 Å². The molecular formula is C12H14ClNO2. The van der Waals surface area contributed by atoms with Crippen molar-refractivity contribution in [3.8, 4) is 11.5 Å². The molecule has 0 radical (unpaired) electrons. The van der Waals surface area contributed by atoms with Crippen LogP contribution in [0, 0.1) is 0 Å². The van der Waals surface area contributed by atoms with Gasteiger partial charge in [-0.2, -0.15) is 0 Å². The molecule has 0 saturated heterocycles. The van der Waals surface area contributed by atoms with E-state index in [0.717, 1.165) is 30.9 Å². The molecular weight excluding hydrogens is 226 g/mol. The molecule has 2 aliphatic rings. The fourth-order valence-corrected chi connectivity index (χ4v) is 2.62. The van der Waals surface area contributed by atoms with Crippen LogP contribution in [0.4, 0.5) is 0 Å². The molecule has 16 heavy (non-hydrogen) atoms. The van der Waals surface area contributed by atoms with Gasteiger partial charge >= 0.3 is 0 Å². The zero-order valence-electron chi connectivity index (χ0n) is 8.96. The van der Waals surface area contributed by atoms with Crippen molar-refractivity contribution in [1.29, 1.82) is 0 Å². The molecule has 0 aliphatic carbocycles. The van der Waals surface area contributed by atoms with Crippen LogP contribution in [-0.2, 0) is 6.42 Å². The van der Waals surface area contributed by atoms with E-state index in [-0.39, 0.29) is 0 Å². The summed E-state index contributed by atoms with van der Waals surface area (Å²) in [7, 11) is 0. The standard InChI is InChI=1S/C12H14ClNO2/c13-3-1-10-9-6-12-11(15-7-16-12)5-8(9)2-4-14-10/h5-6,10,14H,1-4,7H2. The maximum absolute atomic E-state index is 5.82. The first-order valence-corrected chi connectivity index (χ1v) is 6.13. The Kier molecular flexibility index (Phi) is 2.65. The van der Waals surface area contributed by atoms with Crippen molar-refractivity contribution in [3.05, 3.63) is 23.3 Å². The highest BCUT2D eigenvalue weighted by molar-refractivity contribution is 6.17. The van der Waals surface area contributed by atoms with Crippen molar-refractivity contribution in [2.75, 3.05) is 19.2 Å². The molecule has 86 valence electrons. The molecule has 4 heteroatoms. The van der Waals surface area contributed by atoms with E-state index < -0.39 is 0 Å². The lowest BCUT2D eigenvalue weighted by Crippen LogP contribution is -2.30. The number of ether oxygens (including phenoxy) is 2. The molecule has 1 atom stereocenters. The van der Waals surface area contributed by atoms with Crippen LogP contribution in [0.5, 0.6) is 11.5 Å². The van der Waals surface area contributed by atoms with Crippen molar-refractivity contribution in [2.24, 2.45) is 0 Å². The minimum absolute atomic E-state index is 0.339. The number of hydrogen-bond donors (Lipinski definition) is 1. The molecule has 1 aromatic rings. The highest BCUT2D eigenvalue weighted by Gasteiger charge is 2.24. The molecule has 1 N–H and O–H groups in total. The summed E-state index contributed by atoms with van der Waals surface area (Å²) in [6.07, 6.45) is 2.00. The SMILES string of the molecule is ClCCC1NCCc2cc3c(cc21)OCO3. The van der Waals surface area contributed by atoms with Crippen LogP contribution < -0.4 is 14.8 Å². The van der Waals surface area contributed by atoms with Gasteiger partial charge in [-0.3, -0.25) is 0 Å². The number of fused-ring (bicyclic) bond motifs is 2. The zero-order chi connectivity index (χ0) is 11.0. The maximum atomic E-state index is 5.82. The maximum Gasteiger partial charge on any atom is 0.231 e. The molecule has 2 heterocycles. The summed E-state index contributed by atoms with van der Waals surface area (Å²) in [5, 5.41) is 3.49.